The predicted octanol–water partition coefficient (Wildman–Crippen LogP) is 2.82. The molecule has 3 aromatic rings. The topological polar surface area (TPSA) is 119 Å². The van der Waals surface area contributed by atoms with Gasteiger partial charge in [-0.2, -0.15) is 17.8 Å². The van der Waals surface area contributed by atoms with Crippen LogP contribution in [0, 0.1) is 5.92 Å². The van der Waals surface area contributed by atoms with E-state index in [9.17, 15) is 13.2 Å². The Kier molecular flexibility index (Phi) is 7.27. The van der Waals surface area contributed by atoms with Gasteiger partial charge >= 0.3 is 10.2 Å². The van der Waals surface area contributed by atoms with Crippen LogP contribution in [0.15, 0.2) is 36.4 Å². The van der Waals surface area contributed by atoms with Gasteiger partial charge in [0.05, 0.1) is 29.1 Å². The van der Waals surface area contributed by atoms with Crippen LogP contribution in [0.25, 0.3) is 16.7 Å². The maximum atomic E-state index is 13.4. The van der Waals surface area contributed by atoms with Crippen LogP contribution < -0.4 is 9.62 Å². The molecule has 0 spiro atoms. The third-order valence-electron chi connectivity index (χ3n) is 8.01. The molecule has 208 valence electrons. The first-order chi connectivity index (χ1) is 18.9. The summed E-state index contributed by atoms with van der Waals surface area (Å²) in [6, 6.07) is 11.5. The number of piperidine rings is 1. The van der Waals surface area contributed by atoms with E-state index in [1.165, 1.54) is 0 Å². The summed E-state index contributed by atoms with van der Waals surface area (Å²) in [5, 5.41) is 6.00. The molecule has 0 unspecified atom stereocenters. The van der Waals surface area contributed by atoms with E-state index < -0.39 is 16.1 Å². The Morgan fingerprint density at radius 1 is 1.13 bits per heavy atom. The molecule has 2 saturated heterocycles. The van der Waals surface area contributed by atoms with Gasteiger partial charge in [-0.15, -0.1) is 0 Å². The minimum absolute atomic E-state index is 0.0393. The first-order valence-electron chi connectivity index (χ1n) is 13.6. The Hall–Kier alpha value is -3.06. The molecule has 2 aromatic heterocycles. The second kappa shape index (κ2) is 10.8. The fraction of sp³-hybridized carbons (Fsp3) is 0.519. The highest BCUT2D eigenvalue weighted by Gasteiger charge is 2.33. The molecule has 0 atom stereocenters. The first kappa shape index (κ1) is 26.2. The highest BCUT2D eigenvalue weighted by Crippen LogP contribution is 2.43. The molecule has 2 aliphatic heterocycles. The minimum atomic E-state index is -4.06. The minimum Gasteiger partial charge on any atom is -0.384 e. The number of pyridine rings is 1. The van der Waals surface area contributed by atoms with Crippen LogP contribution in [0.3, 0.4) is 0 Å². The number of hydrogen-bond donors (Lipinski definition) is 1. The van der Waals surface area contributed by atoms with Crippen LogP contribution in [0.5, 0.6) is 0 Å². The molecule has 4 heterocycles. The van der Waals surface area contributed by atoms with E-state index in [0.29, 0.717) is 24.1 Å². The lowest BCUT2D eigenvalue weighted by Gasteiger charge is -2.34. The first-order valence-corrected chi connectivity index (χ1v) is 15.0. The second-order valence-electron chi connectivity index (χ2n) is 10.5. The number of carbonyl (C=O) groups excluding carboxylic acids is 1. The Morgan fingerprint density at radius 2 is 1.90 bits per heavy atom. The van der Waals surface area contributed by atoms with Gasteiger partial charge in [-0.05, 0) is 49.8 Å². The largest absolute Gasteiger partial charge is 0.384 e. The van der Waals surface area contributed by atoms with Crippen LogP contribution in [0.4, 0.5) is 5.69 Å². The van der Waals surface area contributed by atoms with Gasteiger partial charge in [0.1, 0.15) is 12.4 Å². The average molecular weight is 555 g/mol. The Balaban J connectivity index is 1.46. The highest BCUT2D eigenvalue weighted by molar-refractivity contribution is 7.87. The molecular weight excluding hydrogens is 520 g/mol. The maximum absolute atomic E-state index is 13.4. The van der Waals surface area contributed by atoms with E-state index in [-0.39, 0.29) is 19.0 Å². The number of anilines is 1. The number of nitrogens with one attached hydrogen (secondary N) is 1. The van der Waals surface area contributed by atoms with Crippen molar-refractivity contribution in [3.63, 3.8) is 0 Å². The van der Waals surface area contributed by atoms with Gasteiger partial charge < -0.3 is 14.4 Å². The number of para-hydroxylation sites is 1. The van der Waals surface area contributed by atoms with E-state index >= 15 is 0 Å². The number of rotatable bonds is 8. The van der Waals surface area contributed by atoms with Gasteiger partial charge in [-0.3, -0.25) is 4.79 Å². The normalized spacial score (nSPS) is 19.5. The van der Waals surface area contributed by atoms with E-state index in [1.807, 2.05) is 30.3 Å². The Bertz CT molecular complexity index is 1440. The monoisotopic (exact) mass is 554 g/mol. The number of nitrogens with zero attached hydrogens (tertiary/aromatic N) is 5. The Morgan fingerprint density at radius 3 is 2.54 bits per heavy atom. The summed E-state index contributed by atoms with van der Waals surface area (Å²) in [5.41, 5.74) is 3.32. The molecule has 0 bridgehead atoms. The van der Waals surface area contributed by atoms with Crippen LogP contribution >= 0.6 is 0 Å². The zero-order valence-electron chi connectivity index (χ0n) is 22.1. The fourth-order valence-corrected chi connectivity index (χ4v) is 6.60. The lowest BCUT2D eigenvalue weighted by molar-refractivity contribution is 0.0973. The SMILES string of the molecule is COCC1CCN(c2cc(C(=O)NS(=O)(=O)N3CCOC3)nc3c2c(C2CCC2)nn3-c2ccccc2)CC1. The summed E-state index contributed by atoms with van der Waals surface area (Å²) in [6.45, 7) is 2.74. The van der Waals surface area contributed by atoms with Crippen molar-refractivity contribution in [2.45, 2.75) is 38.0 Å². The molecule has 1 aromatic carbocycles. The molecule has 1 aliphatic carbocycles. The Labute approximate surface area is 228 Å². The number of methoxy groups -OCH3 is 1. The number of benzene rings is 1. The van der Waals surface area contributed by atoms with Crippen LogP contribution in [-0.2, 0) is 19.7 Å². The second-order valence-corrected chi connectivity index (χ2v) is 12.2. The van der Waals surface area contributed by atoms with Crippen molar-refractivity contribution in [3.8, 4) is 5.69 Å². The van der Waals surface area contributed by atoms with Crippen molar-refractivity contribution in [2.24, 2.45) is 5.92 Å². The molecule has 12 heteroatoms. The van der Waals surface area contributed by atoms with Crippen molar-refractivity contribution in [1.29, 1.82) is 0 Å². The smallest absolute Gasteiger partial charge is 0.306 e. The van der Waals surface area contributed by atoms with Crippen molar-refractivity contribution in [3.05, 3.63) is 47.8 Å². The molecule has 1 N–H and O–H groups in total. The summed E-state index contributed by atoms with van der Waals surface area (Å²) in [6.07, 6.45) is 5.22. The van der Waals surface area contributed by atoms with E-state index in [0.717, 1.165) is 78.6 Å². The van der Waals surface area contributed by atoms with E-state index in [1.54, 1.807) is 17.9 Å². The number of amides is 1. The van der Waals surface area contributed by atoms with Gasteiger partial charge in [0.15, 0.2) is 5.65 Å². The molecule has 3 aliphatic rings. The molecule has 11 nitrogen and oxygen atoms in total. The zero-order valence-corrected chi connectivity index (χ0v) is 22.9. The van der Waals surface area contributed by atoms with Crippen LogP contribution in [0.1, 0.15) is 54.2 Å². The number of carbonyl (C=O) groups is 1. The van der Waals surface area contributed by atoms with Crippen LogP contribution in [0.2, 0.25) is 0 Å². The third kappa shape index (κ3) is 5.13. The summed E-state index contributed by atoms with van der Waals surface area (Å²) >= 11 is 0. The summed E-state index contributed by atoms with van der Waals surface area (Å²) in [5.74, 6) is 0.0434. The fourth-order valence-electron chi connectivity index (χ4n) is 5.60. The number of aromatic nitrogens is 3. The maximum Gasteiger partial charge on any atom is 0.306 e. The van der Waals surface area contributed by atoms with E-state index in [4.69, 9.17) is 19.6 Å². The number of hydrogen-bond acceptors (Lipinski definition) is 8. The average Bonchev–Trinajstić information content (AvgIpc) is 3.58. The lowest BCUT2D eigenvalue weighted by atomic mass is 9.82. The summed E-state index contributed by atoms with van der Waals surface area (Å²) in [4.78, 5) is 20.4. The van der Waals surface area contributed by atoms with Gasteiger partial charge in [0.25, 0.3) is 5.91 Å². The zero-order chi connectivity index (χ0) is 27.0. The number of ether oxygens (including phenoxy) is 2. The van der Waals surface area contributed by atoms with Crippen molar-refractivity contribution < 1.29 is 22.7 Å². The summed E-state index contributed by atoms with van der Waals surface area (Å²) in [7, 11) is -2.33. The van der Waals surface area contributed by atoms with Crippen LogP contribution in [-0.4, -0.2) is 80.1 Å². The standard InChI is InChI=1S/C27H34N6O5S/c1-37-17-19-10-12-31(13-11-19)23-16-22(27(34)30-39(35,36)32-14-15-38-18-32)28-26-24(23)25(20-6-5-7-20)29-33(26)21-8-3-2-4-9-21/h2-4,8-9,16,19-20H,5-7,10-15,17-18H2,1H3,(H,30,34). The molecular formula is C27H34N6O5S. The van der Waals surface area contributed by atoms with Crippen molar-refractivity contribution >= 4 is 32.8 Å². The number of fused-ring (bicyclic) bond motifs is 1. The highest BCUT2D eigenvalue weighted by atomic mass is 32.2. The predicted molar refractivity (Wildman–Crippen MR) is 146 cm³/mol. The van der Waals surface area contributed by atoms with Gasteiger partial charge in [-0.25, -0.2) is 14.4 Å². The van der Waals surface area contributed by atoms with Crippen molar-refractivity contribution in [1.82, 2.24) is 23.8 Å². The molecule has 1 saturated carbocycles. The lowest BCUT2D eigenvalue weighted by Crippen LogP contribution is -2.42. The van der Waals surface area contributed by atoms with E-state index in [2.05, 4.69) is 9.62 Å². The molecule has 3 fully saturated rings. The molecule has 6 rings (SSSR count). The van der Waals surface area contributed by atoms with Crippen molar-refractivity contribution in [2.75, 3.05) is 51.6 Å². The van der Waals surface area contributed by atoms with Gasteiger partial charge in [-0.1, -0.05) is 24.6 Å². The molecule has 0 radical (unpaired) electrons. The molecule has 1 amide bonds. The van der Waals surface area contributed by atoms with Gasteiger partial charge in [0, 0.05) is 39.3 Å². The third-order valence-corrected chi connectivity index (χ3v) is 9.42. The quantitative estimate of drug-likeness (QED) is 0.452. The van der Waals surface area contributed by atoms with Gasteiger partial charge in [0.2, 0.25) is 0 Å². The summed E-state index contributed by atoms with van der Waals surface area (Å²) < 4.78 is 41.3. The molecule has 39 heavy (non-hydrogen) atoms.